The van der Waals surface area contributed by atoms with Crippen LogP contribution in [0.25, 0.3) is 0 Å². The fraction of sp³-hybridized carbons (Fsp3) is 0.632. The molecule has 2 N–H and O–H groups in total. The highest BCUT2D eigenvalue weighted by molar-refractivity contribution is 5.94. The molecule has 7 nitrogen and oxygen atoms in total. The van der Waals surface area contributed by atoms with Gasteiger partial charge in [0.05, 0.1) is 0 Å². The number of esters is 1. The van der Waals surface area contributed by atoms with Crippen molar-refractivity contribution in [2.45, 2.75) is 77.4 Å². The molecule has 2 atom stereocenters. The zero-order valence-electron chi connectivity index (χ0n) is 17.5. The summed E-state index contributed by atoms with van der Waals surface area (Å²) in [6.07, 6.45) is -5.66. The van der Waals surface area contributed by atoms with Crippen LogP contribution in [-0.2, 0) is 19.1 Å². The predicted octanol–water partition coefficient (Wildman–Crippen LogP) is 3.40. The number of carbonyl (C=O) groups is 3. The number of alkyl carbamates (subject to hydrolysis) is 1. The van der Waals surface area contributed by atoms with Crippen LogP contribution in [0, 0.1) is 0 Å². The van der Waals surface area contributed by atoms with Crippen LogP contribution < -0.4 is 10.6 Å². The van der Waals surface area contributed by atoms with Gasteiger partial charge in [0.1, 0.15) is 23.3 Å². The van der Waals surface area contributed by atoms with Gasteiger partial charge in [-0.15, -0.1) is 6.58 Å². The van der Waals surface area contributed by atoms with E-state index in [0.29, 0.717) is 6.08 Å². The van der Waals surface area contributed by atoms with Crippen molar-refractivity contribution in [2.24, 2.45) is 0 Å². The van der Waals surface area contributed by atoms with Gasteiger partial charge in [-0.3, -0.25) is 4.79 Å². The summed E-state index contributed by atoms with van der Waals surface area (Å²) in [6.45, 7) is 16.0. The van der Waals surface area contributed by atoms with Gasteiger partial charge >= 0.3 is 18.2 Å². The highest BCUT2D eigenvalue weighted by atomic mass is 19.4. The second kappa shape index (κ2) is 9.80. The Morgan fingerprint density at radius 2 is 1.45 bits per heavy atom. The first-order valence-corrected chi connectivity index (χ1v) is 8.76. The summed E-state index contributed by atoms with van der Waals surface area (Å²) in [7, 11) is 0. The van der Waals surface area contributed by atoms with E-state index < -0.39 is 53.9 Å². The van der Waals surface area contributed by atoms with Crippen molar-refractivity contribution in [2.75, 3.05) is 0 Å². The molecule has 29 heavy (non-hydrogen) atoms. The molecule has 0 aromatic carbocycles. The van der Waals surface area contributed by atoms with E-state index in [2.05, 4.69) is 18.5 Å². The van der Waals surface area contributed by atoms with Crippen LogP contribution >= 0.6 is 0 Å². The average molecular weight is 422 g/mol. The molecule has 0 aliphatic heterocycles. The molecule has 0 rings (SSSR count). The lowest BCUT2D eigenvalue weighted by molar-refractivity contribution is -0.157. The summed E-state index contributed by atoms with van der Waals surface area (Å²) in [5.74, 6) is -2.04. The zero-order valence-corrected chi connectivity index (χ0v) is 17.5. The maximum Gasteiger partial charge on any atom is 0.412 e. The molecule has 0 spiro atoms. The SMILES string of the molecule is C=C[C@@H](NC(=O)C(=C)C[C@H](NC(=O)OC(C)(C)C)C(=O)OC(C)(C)C)C(F)(F)F. The third kappa shape index (κ3) is 11.2. The monoisotopic (exact) mass is 422 g/mol. The molecular formula is C19H29F3N2O5. The lowest BCUT2D eigenvalue weighted by Crippen LogP contribution is -2.48. The quantitative estimate of drug-likeness (QED) is 0.373. The Bertz CT molecular complexity index is 646. The highest BCUT2D eigenvalue weighted by Crippen LogP contribution is 2.21. The summed E-state index contributed by atoms with van der Waals surface area (Å²) in [5, 5.41) is 3.97. The Morgan fingerprint density at radius 1 is 0.966 bits per heavy atom. The first kappa shape index (κ1) is 26.5. The largest absolute Gasteiger partial charge is 0.458 e. The molecule has 0 saturated heterocycles. The summed E-state index contributed by atoms with van der Waals surface area (Å²) in [4.78, 5) is 36.5. The molecule has 0 aliphatic carbocycles. The average Bonchev–Trinajstić information content (AvgIpc) is 2.46. The van der Waals surface area contributed by atoms with Crippen molar-refractivity contribution < 1.29 is 37.0 Å². The minimum atomic E-state index is -4.74. The van der Waals surface area contributed by atoms with Crippen molar-refractivity contribution >= 4 is 18.0 Å². The third-order valence-electron chi connectivity index (χ3n) is 3.03. The maximum atomic E-state index is 12.8. The topological polar surface area (TPSA) is 93.7 Å². The minimum Gasteiger partial charge on any atom is -0.458 e. The van der Waals surface area contributed by atoms with Crippen molar-refractivity contribution in [3.05, 3.63) is 24.8 Å². The molecule has 0 fully saturated rings. The van der Waals surface area contributed by atoms with Gasteiger partial charge in [0, 0.05) is 12.0 Å². The first-order chi connectivity index (χ1) is 12.9. The van der Waals surface area contributed by atoms with Crippen LogP contribution in [-0.4, -0.2) is 47.4 Å². The smallest absolute Gasteiger partial charge is 0.412 e. The maximum absolute atomic E-state index is 12.8. The number of hydrogen-bond acceptors (Lipinski definition) is 5. The summed E-state index contributed by atoms with van der Waals surface area (Å²) >= 11 is 0. The molecule has 0 heterocycles. The van der Waals surface area contributed by atoms with E-state index in [4.69, 9.17) is 9.47 Å². The van der Waals surface area contributed by atoms with Crippen LogP contribution in [0.2, 0.25) is 0 Å². The van der Waals surface area contributed by atoms with Gasteiger partial charge < -0.3 is 20.1 Å². The molecular weight excluding hydrogens is 393 g/mol. The number of nitrogens with one attached hydrogen (secondary N) is 2. The zero-order chi connectivity index (χ0) is 23.2. The van der Waals surface area contributed by atoms with Gasteiger partial charge in [-0.2, -0.15) is 13.2 Å². The van der Waals surface area contributed by atoms with Gasteiger partial charge in [-0.1, -0.05) is 12.7 Å². The fourth-order valence-corrected chi connectivity index (χ4v) is 1.87. The Balaban J connectivity index is 5.34. The van der Waals surface area contributed by atoms with Crippen molar-refractivity contribution in [3.63, 3.8) is 0 Å². The number of ether oxygens (including phenoxy) is 2. The number of carbonyl (C=O) groups excluding carboxylic acids is 3. The van der Waals surface area contributed by atoms with E-state index in [1.807, 2.05) is 0 Å². The lowest BCUT2D eigenvalue weighted by Gasteiger charge is -2.26. The lowest BCUT2D eigenvalue weighted by atomic mass is 10.1. The summed E-state index contributed by atoms with van der Waals surface area (Å²) < 4.78 is 48.6. The minimum absolute atomic E-state index is 0.368. The number of rotatable bonds is 7. The van der Waals surface area contributed by atoms with Crippen LogP contribution in [0.5, 0.6) is 0 Å². The number of halogens is 3. The highest BCUT2D eigenvalue weighted by Gasteiger charge is 2.39. The standard InChI is InChI=1S/C19H29F3N2O5/c1-9-13(19(20,21)22)24-14(25)11(2)10-12(15(26)28-17(3,4)5)23-16(27)29-18(6,7)8/h9,12-13H,1-2,10H2,3-8H3,(H,23,27)(H,24,25)/t12-,13+/m0/s1. The van der Waals surface area contributed by atoms with E-state index in [1.54, 1.807) is 46.9 Å². The van der Waals surface area contributed by atoms with Gasteiger partial charge in [0.15, 0.2) is 0 Å². The van der Waals surface area contributed by atoms with Crippen LogP contribution in [0.3, 0.4) is 0 Å². The molecule has 0 aromatic rings. The summed E-state index contributed by atoms with van der Waals surface area (Å²) in [6, 6.07) is -3.68. The molecule has 0 aliphatic rings. The van der Waals surface area contributed by atoms with Gasteiger partial charge in [0.2, 0.25) is 5.91 Å². The van der Waals surface area contributed by atoms with E-state index in [1.165, 1.54) is 0 Å². The van der Waals surface area contributed by atoms with E-state index >= 15 is 0 Å². The molecule has 2 amide bonds. The van der Waals surface area contributed by atoms with Crippen LogP contribution in [0.4, 0.5) is 18.0 Å². The normalized spacial score (nSPS) is 14.2. The molecule has 10 heteroatoms. The van der Waals surface area contributed by atoms with E-state index in [-0.39, 0.29) is 5.57 Å². The Kier molecular flexibility index (Phi) is 8.95. The van der Waals surface area contributed by atoms with Crippen molar-refractivity contribution in [1.29, 1.82) is 0 Å². The Labute approximate surface area is 168 Å². The van der Waals surface area contributed by atoms with Crippen LogP contribution in [0.1, 0.15) is 48.0 Å². The molecule has 0 unspecified atom stereocenters. The van der Waals surface area contributed by atoms with Gasteiger partial charge in [0.25, 0.3) is 0 Å². The van der Waals surface area contributed by atoms with E-state index in [9.17, 15) is 27.6 Å². The third-order valence-corrected chi connectivity index (χ3v) is 3.03. The number of alkyl halides is 3. The molecule has 0 aromatic heterocycles. The van der Waals surface area contributed by atoms with Gasteiger partial charge in [-0.05, 0) is 41.5 Å². The molecule has 166 valence electrons. The van der Waals surface area contributed by atoms with Crippen molar-refractivity contribution in [1.82, 2.24) is 10.6 Å². The molecule has 0 saturated carbocycles. The summed E-state index contributed by atoms with van der Waals surface area (Å²) in [5.41, 5.74) is -2.13. The fourth-order valence-electron chi connectivity index (χ4n) is 1.87. The number of hydrogen-bond donors (Lipinski definition) is 2. The van der Waals surface area contributed by atoms with E-state index in [0.717, 1.165) is 0 Å². The molecule has 0 bridgehead atoms. The Hall–Kier alpha value is -2.52. The Morgan fingerprint density at radius 3 is 1.83 bits per heavy atom. The second-order valence-electron chi connectivity index (χ2n) is 8.27. The predicted molar refractivity (Wildman–Crippen MR) is 101 cm³/mol. The van der Waals surface area contributed by atoms with Crippen molar-refractivity contribution in [3.8, 4) is 0 Å². The van der Waals surface area contributed by atoms with Gasteiger partial charge in [-0.25, -0.2) is 9.59 Å². The second-order valence-corrected chi connectivity index (χ2v) is 8.27. The molecule has 0 radical (unpaired) electrons. The number of amides is 2. The van der Waals surface area contributed by atoms with Crippen LogP contribution in [0.15, 0.2) is 24.8 Å². The first-order valence-electron chi connectivity index (χ1n) is 8.76.